The summed E-state index contributed by atoms with van der Waals surface area (Å²) in [4.78, 5) is 2.38. The van der Waals surface area contributed by atoms with Crippen LogP contribution in [0.15, 0.2) is 42.5 Å². The van der Waals surface area contributed by atoms with Crippen molar-refractivity contribution in [1.29, 1.82) is 5.26 Å². The Morgan fingerprint density at radius 3 is 2.48 bits per heavy atom. The molecule has 0 spiro atoms. The molecule has 0 atom stereocenters. The van der Waals surface area contributed by atoms with E-state index in [0.717, 1.165) is 31.6 Å². The number of hydrogen-bond acceptors (Lipinski definition) is 4. The largest absolute Gasteiger partial charge is 0.396 e. The van der Waals surface area contributed by atoms with Crippen molar-refractivity contribution in [3.8, 4) is 6.07 Å². The fourth-order valence-electron chi connectivity index (χ4n) is 3.12. The summed E-state index contributed by atoms with van der Waals surface area (Å²) in [5, 5.41) is 21.9. The summed E-state index contributed by atoms with van der Waals surface area (Å²) in [5.41, 5.74) is 3.82. The lowest BCUT2D eigenvalue weighted by Crippen LogP contribution is -2.34. The van der Waals surface area contributed by atoms with Gasteiger partial charge in [0.1, 0.15) is 6.07 Å². The number of halogens is 1. The van der Waals surface area contributed by atoms with Crippen molar-refractivity contribution in [2.24, 2.45) is 5.92 Å². The van der Waals surface area contributed by atoms with E-state index in [1.165, 1.54) is 11.3 Å². The van der Waals surface area contributed by atoms with Gasteiger partial charge in [0.2, 0.25) is 0 Å². The molecule has 0 aliphatic carbocycles. The van der Waals surface area contributed by atoms with Crippen LogP contribution in [-0.4, -0.2) is 24.8 Å². The van der Waals surface area contributed by atoms with Crippen LogP contribution in [0.1, 0.15) is 24.0 Å². The van der Waals surface area contributed by atoms with Crippen molar-refractivity contribution in [2.45, 2.75) is 19.4 Å². The molecule has 4 nitrogen and oxygen atoms in total. The van der Waals surface area contributed by atoms with E-state index in [0.29, 0.717) is 29.7 Å². The van der Waals surface area contributed by atoms with Crippen LogP contribution in [0.5, 0.6) is 0 Å². The number of nitrogens with zero attached hydrogens (tertiary/aromatic N) is 2. The van der Waals surface area contributed by atoms with Gasteiger partial charge in [0.05, 0.1) is 10.6 Å². The first kappa shape index (κ1) is 17.6. The van der Waals surface area contributed by atoms with Crippen LogP contribution in [0, 0.1) is 17.2 Å². The molecule has 1 heterocycles. The van der Waals surface area contributed by atoms with Gasteiger partial charge in [-0.2, -0.15) is 5.26 Å². The summed E-state index contributed by atoms with van der Waals surface area (Å²) < 4.78 is 0. The number of nitriles is 1. The van der Waals surface area contributed by atoms with E-state index < -0.39 is 0 Å². The van der Waals surface area contributed by atoms with Crippen molar-refractivity contribution in [3.63, 3.8) is 0 Å². The zero-order valence-electron chi connectivity index (χ0n) is 14.1. The normalized spacial score (nSPS) is 15.0. The van der Waals surface area contributed by atoms with Gasteiger partial charge in [-0.05, 0) is 54.7 Å². The summed E-state index contributed by atoms with van der Waals surface area (Å²) >= 11 is 6.06. The molecule has 2 aromatic rings. The summed E-state index contributed by atoms with van der Waals surface area (Å²) in [6.07, 6.45) is 2.11. The molecule has 0 radical (unpaired) electrons. The second-order valence-corrected chi connectivity index (χ2v) is 6.85. The molecule has 0 bridgehead atoms. The molecule has 2 N–H and O–H groups in total. The maximum Gasteiger partial charge on any atom is 0.101 e. The first-order valence-electron chi connectivity index (χ1n) is 8.58. The highest BCUT2D eigenvalue weighted by molar-refractivity contribution is 6.32. The SMILES string of the molecule is N#Cc1ccc(NCc2ccc(N3CCC(CO)CC3)cc2)cc1Cl. The fraction of sp³-hybridized carbons (Fsp3) is 0.350. The number of aliphatic hydroxyl groups is 1. The third-order valence-electron chi connectivity index (χ3n) is 4.76. The van der Waals surface area contributed by atoms with Crippen LogP contribution < -0.4 is 10.2 Å². The minimum absolute atomic E-state index is 0.303. The summed E-state index contributed by atoms with van der Waals surface area (Å²) in [5.74, 6) is 0.457. The van der Waals surface area contributed by atoms with Crippen LogP contribution in [0.2, 0.25) is 5.02 Å². The zero-order chi connectivity index (χ0) is 17.6. The van der Waals surface area contributed by atoms with Gasteiger partial charge < -0.3 is 15.3 Å². The predicted molar refractivity (Wildman–Crippen MR) is 102 cm³/mol. The van der Waals surface area contributed by atoms with Gasteiger partial charge in [-0.1, -0.05) is 23.7 Å². The van der Waals surface area contributed by atoms with E-state index in [4.69, 9.17) is 16.9 Å². The third kappa shape index (κ3) is 4.45. The van der Waals surface area contributed by atoms with Gasteiger partial charge in [0, 0.05) is 37.6 Å². The molecule has 1 aliphatic heterocycles. The standard InChI is InChI=1S/C20H22ClN3O/c21-20-11-18(4-3-17(20)12-22)23-13-15-1-5-19(6-2-15)24-9-7-16(14-25)8-10-24/h1-6,11,16,23,25H,7-10,13-14H2. The molecule has 5 heteroatoms. The first-order valence-corrected chi connectivity index (χ1v) is 8.95. The highest BCUT2D eigenvalue weighted by atomic mass is 35.5. The van der Waals surface area contributed by atoms with Crippen molar-refractivity contribution in [1.82, 2.24) is 0 Å². The smallest absolute Gasteiger partial charge is 0.101 e. The van der Waals surface area contributed by atoms with Crippen LogP contribution in [0.4, 0.5) is 11.4 Å². The van der Waals surface area contributed by atoms with Crippen molar-refractivity contribution in [3.05, 3.63) is 58.6 Å². The highest BCUT2D eigenvalue weighted by Gasteiger charge is 2.18. The van der Waals surface area contributed by atoms with Crippen LogP contribution in [0.25, 0.3) is 0 Å². The van der Waals surface area contributed by atoms with Gasteiger partial charge in [0.25, 0.3) is 0 Å². The number of hydrogen-bond donors (Lipinski definition) is 2. The average Bonchev–Trinajstić information content (AvgIpc) is 2.67. The zero-order valence-corrected chi connectivity index (χ0v) is 14.8. The molecule has 0 saturated carbocycles. The Bertz CT molecular complexity index is 747. The Balaban J connectivity index is 1.56. The van der Waals surface area contributed by atoms with Crippen molar-refractivity contribution in [2.75, 3.05) is 29.9 Å². The predicted octanol–water partition coefficient (Wildman–Crippen LogP) is 4.03. The first-order chi connectivity index (χ1) is 12.2. The third-order valence-corrected chi connectivity index (χ3v) is 5.07. The molecular weight excluding hydrogens is 334 g/mol. The maximum absolute atomic E-state index is 9.23. The summed E-state index contributed by atoms with van der Waals surface area (Å²) in [7, 11) is 0. The molecule has 0 amide bonds. The highest BCUT2D eigenvalue weighted by Crippen LogP contribution is 2.24. The minimum atomic E-state index is 0.303. The fourth-order valence-corrected chi connectivity index (χ4v) is 3.34. The molecule has 1 fully saturated rings. The van der Waals surface area contributed by atoms with Gasteiger partial charge in [-0.3, -0.25) is 0 Å². The van der Waals surface area contributed by atoms with Gasteiger partial charge in [-0.15, -0.1) is 0 Å². The molecule has 0 unspecified atom stereocenters. The van der Waals surface area contributed by atoms with E-state index in [-0.39, 0.29) is 0 Å². The van der Waals surface area contributed by atoms with Gasteiger partial charge in [-0.25, -0.2) is 0 Å². The number of anilines is 2. The molecule has 3 rings (SSSR count). The Morgan fingerprint density at radius 1 is 1.16 bits per heavy atom. The van der Waals surface area contributed by atoms with Crippen molar-refractivity contribution >= 4 is 23.0 Å². The van der Waals surface area contributed by atoms with Crippen molar-refractivity contribution < 1.29 is 5.11 Å². The molecule has 1 aliphatic rings. The molecule has 25 heavy (non-hydrogen) atoms. The van der Waals surface area contributed by atoms with Crippen LogP contribution in [0.3, 0.4) is 0 Å². The maximum atomic E-state index is 9.23. The second kappa shape index (κ2) is 8.24. The lowest BCUT2D eigenvalue weighted by atomic mass is 9.97. The minimum Gasteiger partial charge on any atom is -0.396 e. The number of aliphatic hydroxyl groups excluding tert-OH is 1. The Labute approximate surface area is 153 Å². The van der Waals surface area contributed by atoms with E-state index >= 15 is 0 Å². The Hall–Kier alpha value is -2.22. The summed E-state index contributed by atoms with van der Waals surface area (Å²) in [6, 6.07) is 16.0. The Kier molecular flexibility index (Phi) is 5.80. The quantitative estimate of drug-likeness (QED) is 0.850. The Morgan fingerprint density at radius 2 is 1.88 bits per heavy atom. The number of nitrogens with one attached hydrogen (secondary N) is 1. The van der Waals surface area contributed by atoms with Gasteiger partial charge in [0.15, 0.2) is 0 Å². The van der Waals surface area contributed by atoms with Crippen LogP contribution >= 0.6 is 11.6 Å². The van der Waals surface area contributed by atoms with Crippen LogP contribution in [-0.2, 0) is 6.54 Å². The monoisotopic (exact) mass is 355 g/mol. The summed E-state index contributed by atoms with van der Waals surface area (Å²) in [6.45, 7) is 3.02. The number of benzene rings is 2. The number of rotatable bonds is 5. The average molecular weight is 356 g/mol. The lowest BCUT2D eigenvalue weighted by molar-refractivity contribution is 0.203. The van der Waals surface area contributed by atoms with E-state index in [1.807, 2.05) is 6.07 Å². The molecule has 1 saturated heterocycles. The molecule has 130 valence electrons. The molecule has 0 aromatic heterocycles. The van der Waals surface area contributed by atoms with E-state index in [2.05, 4.69) is 40.6 Å². The van der Waals surface area contributed by atoms with Gasteiger partial charge >= 0.3 is 0 Å². The number of piperidine rings is 1. The van der Waals surface area contributed by atoms with E-state index in [9.17, 15) is 5.11 Å². The second-order valence-electron chi connectivity index (χ2n) is 6.44. The topological polar surface area (TPSA) is 59.3 Å². The van der Waals surface area contributed by atoms with E-state index in [1.54, 1.807) is 12.1 Å². The lowest BCUT2D eigenvalue weighted by Gasteiger charge is -2.33. The molecular formula is C20H22ClN3O. The molecule has 2 aromatic carbocycles.